The molecule has 0 heterocycles. The lowest BCUT2D eigenvalue weighted by atomic mass is 10.2. The molecule has 88 valence electrons. The van der Waals surface area contributed by atoms with Crippen LogP contribution in [0.3, 0.4) is 0 Å². The lowest BCUT2D eigenvalue weighted by molar-refractivity contribution is -0.138. The van der Waals surface area contributed by atoms with Crippen LogP contribution in [0.4, 0.5) is 5.69 Å². The van der Waals surface area contributed by atoms with Gasteiger partial charge in [-0.2, -0.15) is 0 Å². The molecule has 0 aliphatic carbocycles. The normalized spacial score (nSPS) is 12.4. The van der Waals surface area contributed by atoms with Crippen molar-refractivity contribution in [3.63, 3.8) is 0 Å². The lowest BCUT2D eigenvalue weighted by Gasteiger charge is -2.08. The molecule has 0 fully saturated rings. The summed E-state index contributed by atoms with van der Waals surface area (Å²) in [5, 5.41) is 17.9. The van der Waals surface area contributed by atoms with Crippen LogP contribution in [0.15, 0.2) is 23.1 Å². The van der Waals surface area contributed by atoms with Gasteiger partial charge < -0.3 is 15.9 Å². The predicted octanol–water partition coefficient (Wildman–Crippen LogP) is 1.50. The van der Waals surface area contributed by atoms with Gasteiger partial charge in [0.25, 0.3) is 0 Å². The second kappa shape index (κ2) is 5.77. The summed E-state index contributed by atoms with van der Waals surface area (Å²) < 4.78 is 0. The minimum Gasteiger partial charge on any atom is -0.481 e. The Labute approximate surface area is 98.5 Å². The third-order valence-electron chi connectivity index (χ3n) is 2.09. The number of thioether (sulfide) groups is 1. The molecule has 16 heavy (non-hydrogen) atoms. The van der Waals surface area contributed by atoms with Gasteiger partial charge in [0.15, 0.2) is 0 Å². The molecule has 5 heteroatoms. The first-order valence-electron chi connectivity index (χ1n) is 4.88. The summed E-state index contributed by atoms with van der Waals surface area (Å²) in [6.45, 7) is 1.91. The van der Waals surface area contributed by atoms with Crippen LogP contribution in [-0.4, -0.2) is 28.0 Å². The Kier molecular flexibility index (Phi) is 4.64. The van der Waals surface area contributed by atoms with Gasteiger partial charge in [0.05, 0.1) is 12.5 Å². The monoisotopic (exact) mass is 241 g/mol. The number of carboxylic acids is 1. The van der Waals surface area contributed by atoms with Gasteiger partial charge in [-0.1, -0.05) is 0 Å². The maximum absolute atomic E-state index is 10.3. The number of aliphatic carboxylic acids is 1. The molecule has 0 aliphatic heterocycles. The van der Waals surface area contributed by atoms with Crippen LogP contribution in [0.25, 0.3) is 0 Å². The van der Waals surface area contributed by atoms with E-state index in [0.29, 0.717) is 5.75 Å². The van der Waals surface area contributed by atoms with Gasteiger partial charge in [0, 0.05) is 16.3 Å². The second-order valence-electron chi connectivity index (χ2n) is 3.58. The topological polar surface area (TPSA) is 83.5 Å². The average molecular weight is 241 g/mol. The Morgan fingerprint density at radius 3 is 2.81 bits per heavy atom. The van der Waals surface area contributed by atoms with Gasteiger partial charge in [-0.25, -0.2) is 0 Å². The Hall–Kier alpha value is -1.20. The largest absolute Gasteiger partial charge is 0.481 e. The fraction of sp³-hybridized carbons (Fsp3) is 0.364. The fourth-order valence-corrected chi connectivity index (χ4v) is 2.12. The molecule has 0 bridgehead atoms. The zero-order chi connectivity index (χ0) is 12.1. The average Bonchev–Trinajstić information content (AvgIpc) is 2.19. The molecule has 0 aromatic heterocycles. The van der Waals surface area contributed by atoms with Crippen LogP contribution >= 0.6 is 11.8 Å². The van der Waals surface area contributed by atoms with E-state index in [9.17, 15) is 9.90 Å². The summed E-state index contributed by atoms with van der Waals surface area (Å²) in [5.41, 5.74) is 7.39. The second-order valence-corrected chi connectivity index (χ2v) is 4.67. The van der Waals surface area contributed by atoms with Crippen molar-refractivity contribution in [3.8, 4) is 0 Å². The first-order valence-corrected chi connectivity index (χ1v) is 5.86. The van der Waals surface area contributed by atoms with Crippen molar-refractivity contribution in [1.29, 1.82) is 0 Å². The number of carbonyl (C=O) groups is 1. The SMILES string of the molecule is Cc1cc(SCC(O)CC(=O)O)ccc1N. The van der Waals surface area contributed by atoms with Crippen molar-refractivity contribution >= 4 is 23.4 Å². The summed E-state index contributed by atoms with van der Waals surface area (Å²) in [6, 6.07) is 5.59. The number of hydrogen-bond donors (Lipinski definition) is 3. The summed E-state index contributed by atoms with van der Waals surface area (Å²) in [7, 11) is 0. The maximum atomic E-state index is 10.3. The number of carboxylic acid groups (broad SMARTS) is 1. The highest BCUT2D eigenvalue weighted by atomic mass is 32.2. The molecule has 0 spiro atoms. The van der Waals surface area contributed by atoms with Crippen molar-refractivity contribution in [1.82, 2.24) is 0 Å². The molecule has 1 aromatic carbocycles. The number of aliphatic hydroxyl groups is 1. The van der Waals surface area contributed by atoms with Gasteiger partial charge in [-0.3, -0.25) is 4.79 Å². The fourth-order valence-electron chi connectivity index (χ4n) is 1.19. The van der Waals surface area contributed by atoms with E-state index in [0.717, 1.165) is 16.1 Å². The molecule has 1 rings (SSSR count). The smallest absolute Gasteiger partial charge is 0.306 e. The number of nitrogens with two attached hydrogens (primary N) is 1. The first-order chi connectivity index (χ1) is 7.49. The molecule has 1 atom stereocenters. The van der Waals surface area contributed by atoms with Gasteiger partial charge in [0.1, 0.15) is 0 Å². The van der Waals surface area contributed by atoms with Crippen LogP contribution in [0, 0.1) is 6.92 Å². The third kappa shape index (κ3) is 4.12. The highest BCUT2D eigenvalue weighted by Gasteiger charge is 2.09. The molecule has 1 unspecified atom stereocenters. The van der Waals surface area contributed by atoms with E-state index in [1.807, 2.05) is 19.1 Å². The third-order valence-corrected chi connectivity index (χ3v) is 3.23. The number of aliphatic hydroxyl groups excluding tert-OH is 1. The standard InChI is InChI=1S/C11H15NO3S/c1-7-4-9(2-3-10(7)12)16-6-8(13)5-11(14)15/h2-4,8,13H,5-6,12H2,1H3,(H,14,15). The predicted molar refractivity (Wildman–Crippen MR) is 64.6 cm³/mol. The lowest BCUT2D eigenvalue weighted by Crippen LogP contribution is -2.15. The van der Waals surface area contributed by atoms with Crippen LogP contribution in [0.2, 0.25) is 0 Å². The minimum absolute atomic E-state index is 0.221. The molecule has 4 N–H and O–H groups in total. The Balaban J connectivity index is 2.48. The molecule has 0 amide bonds. The van der Waals surface area contributed by atoms with Crippen LogP contribution < -0.4 is 5.73 Å². The van der Waals surface area contributed by atoms with Crippen LogP contribution in [-0.2, 0) is 4.79 Å². The highest BCUT2D eigenvalue weighted by Crippen LogP contribution is 2.23. The number of nitrogen functional groups attached to an aromatic ring is 1. The molecule has 4 nitrogen and oxygen atoms in total. The number of aryl methyl sites for hydroxylation is 1. The molecule has 0 saturated heterocycles. The molecule has 0 saturated carbocycles. The van der Waals surface area contributed by atoms with Gasteiger partial charge in [-0.15, -0.1) is 11.8 Å². The summed E-state index contributed by atoms with van der Waals surface area (Å²) in [4.78, 5) is 11.3. The quantitative estimate of drug-likeness (QED) is 0.537. The molecule has 0 radical (unpaired) electrons. The number of benzene rings is 1. The zero-order valence-electron chi connectivity index (χ0n) is 9.01. The van der Waals surface area contributed by atoms with Crippen LogP contribution in [0.1, 0.15) is 12.0 Å². The summed E-state index contributed by atoms with van der Waals surface area (Å²) >= 11 is 1.42. The van der Waals surface area contributed by atoms with E-state index in [4.69, 9.17) is 10.8 Å². The van der Waals surface area contributed by atoms with E-state index >= 15 is 0 Å². The van der Waals surface area contributed by atoms with Gasteiger partial charge in [0.2, 0.25) is 0 Å². The summed E-state index contributed by atoms with van der Waals surface area (Å²) in [5.74, 6) is -0.614. The van der Waals surface area contributed by atoms with Gasteiger partial charge in [-0.05, 0) is 30.7 Å². The molecule has 0 aliphatic rings. The number of anilines is 1. The first kappa shape index (κ1) is 12.9. The molecule has 1 aromatic rings. The molecular formula is C11H15NO3S. The van der Waals surface area contributed by atoms with Crippen LogP contribution in [0.5, 0.6) is 0 Å². The van der Waals surface area contributed by atoms with Crippen molar-refractivity contribution in [2.75, 3.05) is 11.5 Å². The van der Waals surface area contributed by atoms with E-state index in [2.05, 4.69) is 0 Å². The van der Waals surface area contributed by atoms with E-state index in [1.54, 1.807) is 6.07 Å². The number of hydrogen-bond acceptors (Lipinski definition) is 4. The molecular weight excluding hydrogens is 226 g/mol. The van der Waals surface area contributed by atoms with Gasteiger partial charge >= 0.3 is 5.97 Å². The van der Waals surface area contributed by atoms with Crippen molar-refractivity contribution in [2.24, 2.45) is 0 Å². The van der Waals surface area contributed by atoms with E-state index in [1.165, 1.54) is 11.8 Å². The maximum Gasteiger partial charge on any atom is 0.306 e. The van der Waals surface area contributed by atoms with Crippen molar-refractivity contribution in [3.05, 3.63) is 23.8 Å². The number of rotatable bonds is 5. The Morgan fingerprint density at radius 1 is 1.56 bits per heavy atom. The zero-order valence-corrected chi connectivity index (χ0v) is 9.83. The van der Waals surface area contributed by atoms with Crippen molar-refractivity contribution < 1.29 is 15.0 Å². The minimum atomic E-state index is -0.985. The van der Waals surface area contributed by atoms with E-state index < -0.39 is 12.1 Å². The highest BCUT2D eigenvalue weighted by molar-refractivity contribution is 7.99. The van der Waals surface area contributed by atoms with E-state index in [-0.39, 0.29) is 6.42 Å². The Morgan fingerprint density at radius 2 is 2.25 bits per heavy atom. The van der Waals surface area contributed by atoms with Crippen molar-refractivity contribution in [2.45, 2.75) is 24.3 Å². The summed E-state index contributed by atoms with van der Waals surface area (Å²) in [6.07, 6.45) is -1.04. The Bertz CT molecular complexity index is 381.